The van der Waals surface area contributed by atoms with Crippen LogP contribution in [0.2, 0.25) is 5.28 Å². The quantitative estimate of drug-likeness (QED) is 0.277. The zero-order valence-electron chi connectivity index (χ0n) is 19.1. The number of hydrogen-bond donors (Lipinski definition) is 0. The molecule has 0 aliphatic rings. The highest BCUT2D eigenvalue weighted by molar-refractivity contribution is 6.28. The molecule has 0 aliphatic carbocycles. The Morgan fingerprint density at radius 3 is 2.37 bits per heavy atom. The minimum absolute atomic E-state index is 0.0283. The number of aromatic nitrogens is 3. The molecule has 2 rings (SSSR count). The second kappa shape index (κ2) is 10.6. The normalized spacial score (nSPS) is 13.4. The van der Waals surface area contributed by atoms with E-state index in [1.807, 2.05) is 40.7 Å². The summed E-state index contributed by atoms with van der Waals surface area (Å²) in [6.45, 7) is 14.7. The van der Waals surface area contributed by atoms with E-state index in [4.69, 9.17) is 25.8 Å². The minimum Gasteiger partial charge on any atom is -0.460 e. The number of halogens is 1. The Morgan fingerprint density at radius 2 is 1.83 bits per heavy atom. The van der Waals surface area contributed by atoms with Crippen LogP contribution >= 0.6 is 11.6 Å². The molecule has 8 heteroatoms. The Hall–Kier alpha value is -1.70. The fourth-order valence-corrected chi connectivity index (χ4v) is 3.61. The predicted molar refractivity (Wildman–Crippen MR) is 117 cm³/mol. The number of carbonyl (C=O) groups excluding carboxylic acids is 1. The molecule has 168 valence electrons. The van der Waals surface area contributed by atoms with Crippen LogP contribution in [0.5, 0.6) is 0 Å². The molecule has 0 saturated heterocycles. The molecule has 2 aromatic heterocycles. The molecule has 0 bridgehead atoms. The molecule has 0 aromatic carbocycles. The van der Waals surface area contributed by atoms with Gasteiger partial charge >= 0.3 is 5.97 Å². The molecule has 0 N–H and O–H groups in total. The maximum atomic E-state index is 12.4. The van der Waals surface area contributed by atoms with Crippen molar-refractivity contribution in [3.8, 4) is 0 Å². The second-order valence-corrected chi connectivity index (χ2v) is 8.87. The lowest BCUT2D eigenvalue weighted by atomic mass is 9.98. The SMILES string of the molecule is CCOC(OCC)c1cc2cnc(Cl)nc2n1C(CCC(=O)OC(C)(C)C)C(C)C. The van der Waals surface area contributed by atoms with Gasteiger partial charge in [-0.25, -0.2) is 4.98 Å². The van der Waals surface area contributed by atoms with Crippen LogP contribution in [0.15, 0.2) is 12.3 Å². The number of fused-ring (bicyclic) bond motifs is 1. The van der Waals surface area contributed by atoms with Crippen molar-refractivity contribution in [2.24, 2.45) is 5.92 Å². The summed E-state index contributed by atoms with van der Waals surface area (Å²) < 4.78 is 19.3. The lowest BCUT2D eigenvalue weighted by molar-refractivity contribution is -0.155. The van der Waals surface area contributed by atoms with Crippen molar-refractivity contribution in [3.05, 3.63) is 23.2 Å². The summed E-state index contributed by atoms with van der Waals surface area (Å²) >= 11 is 6.11. The summed E-state index contributed by atoms with van der Waals surface area (Å²) in [5.41, 5.74) is 1.04. The average Bonchev–Trinajstić information content (AvgIpc) is 2.98. The first-order chi connectivity index (χ1) is 14.1. The van der Waals surface area contributed by atoms with Crippen molar-refractivity contribution in [1.82, 2.24) is 14.5 Å². The van der Waals surface area contributed by atoms with Crippen molar-refractivity contribution in [3.63, 3.8) is 0 Å². The molecular formula is C22H34ClN3O4. The fourth-order valence-electron chi connectivity index (χ4n) is 3.48. The van der Waals surface area contributed by atoms with E-state index in [0.29, 0.717) is 31.7 Å². The highest BCUT2D eigenvalue weighted by atomic mass is 35.5. The topological polar surface area (TPSA) is 75.5 Å². The van der Waals surface area contributed by atoms with Crippen LogP contribution in [0.4, 0.5) is 0 Å². The average molecular weight is 440 g/mol. The number of nitrogens with zero attached hydrogens (tertiary/aromatic N) is 3. The zero-order chi connectivity index (χ0) is 22.5. The summed E-state index contributed by atoms with van der Waals surface area (Å²) in [4.78, 5) is 21.0. The van der Waals surface area contributed by atoms with Crippen molar-refractivity contribution in [2.75, 3.05) is 13.2 Å². The van der Waals surface area contributed by atoms with Crippen LogP contribution in [0.1, 0.15) is 79.3 Å². The molecule has 0 radical (unpaired) electrons. The van der Waals surface area contributed by atoms with E-state index in [0.717, 1.165) is 11.1 Å². The molecule has 0 spiro atoms. The summed E-state index contributed by atoms with van der Waals surface area (Å²) in [6.07, 6.45) is 2.04. The smallest absolute Gasteiger partial charge is 0.306 e. The van der Waals surface area contributed by atoms with E-state index in [9.17, 15) is 4.79 Å². The number of esters is 1. The first-order valence-electron chi connectivity index (χ1n) is 10.6. The van der Waals surface area contributed by atoms with E-state index in [2.05, 4.69) is 28.4 Å². The van der Waals surface area contributed by atoms with E-state index >= 15 is 0 Å². The Morgan fingerprint density at radius 1 is 1.20 bits per heavy atom. The van der Waals surface area contributed by atoms with Gasteiger partial charge in [0.15, 0.2) is 6.29 Å². The van der Waals surface area contributed by atoms with Gasteiger partial charge in [-0.3, -0.25) is 4.79 Å². The predicted octanol–water partition coefficient (Wildman–Crippen LogP) is 5.48. The maximum Gasteiger partial charge on any atom is 0.306 e. The van der Waals surface area contributed by atoms with Gasteiger partial charge in [-0.1, -0.05) is 13.8 Å². The number of carbonyl (C=O) groups is 1. The molecule has 2 heterocycles. The fraction of sp³-hybridized carbons (Fsp3) is 0.682. The molecule has 2 aromatic rings. The van der Waals surface area contributed by atoms with Gasteiger partial charge in [0.1, 0.15) is 11.2 Å². The van der Waals surface area contributed by atoms with Crippen LogP contribution in [0.3, 0.4) is 0 Å². The van der Waals surface area contributed by atoms with Gasteiger partial charge in [0.25, 0.3) is 0 Å². The van der Waals surface area contributed by atoms with Crippen molar-refractivity contribution in [2.45, 2.75) is 79.2 Å². The van der Waals surface area contributed by atoms with E-state index < -0.39 is 11.9 Å². The third-order valence-electron chi connectivity index (χ3n) is 4.62. The Labute approximate surface area is 184 Å². The molecule has 0 aliphatic heterocycles. The third-order valence-corrected chi connectivity index (χ3v) is 4.80. The summed E-state index contributed by atoms with van der Waals surface area (Å²) in [5.74, 6) is 0.00409. The molecule has 7 nitrogen and oxygen atoms in total. The molecule has 0 amide bonds. The van der Waals surface area contributed by atoms with E-state index in [1.165, 1.54) is 0 Å². The lowest BCUT2D eigenvalue weighted by Gasteiger charge is -2.28. The van der Waals surface area contributed by atoms with Crippen LogP contribution in [-0.2, 0) is 19.0 Å². The van der Waals surface area contributed by atoms with Gasteiger partial charge in [-0.05, 0) is 64.6 Å². The first-order valence-corrected chi connectivity index (χ1v) is 10.9. The Kier molecular flexibility index (Phi) is 8.64. The van der Waals surface area contributed by atoms with Crippen molar-refractivity contribution in [1.29, 1.82) is 0 Å². The molecule has 30 heavy (non-hydrogen) atoms. The number of hydrogen-bond acceptors (Lipinski definition) is 6. The van der Waals surface area contributed by atoms with Gasteiger partial charge in [0.05, 0.1) is 5.69 Å². The number of rotatable bonds is 10. The van der Waals surface area contributed by atoms with Crippen molar-refractivity contribution < 1.29 is 19.0 Å². The van der Waals surface area contributed by atoms with Gasteiger partial charge in [-0.2, -0.15) is 4.98 Å². The van der Waals surface area contributed by atoms with E-state index in [-0.39, 0.29) is 23.2 Å². The van der Waals surface area contributed by atoms with Crippen LogP contribution in [-0.4, -0.2) is 39.3 Å². The standard InChI is InChI=1S/C22H34ClN3O4/c1-8-28-20(29-9-2)17-12-15-13-24-21(23)25-19(15)26(17)16(14(3)4)10-11-18(27)30-22(5,6)7/h12-14,16,20H,8-11H2,1-7H3. The summed E-state index contributed by atoms with van der Waals surface area (Å²) in [5, 5.41) is 1.02. The second-order valence-electron chi connectivity index (χ2n) is 8.54. The van der Waals surface area contributed by atoms with Gasteiger partial charge in [0, 0.05) is 37.3 Å². The molecule has 1 unspecified atom stereocenters. The largest absolute Gasteiger partial charge is 0.460 e. The van der Waals surface area contributed by atoms with Gasteiger partial charge in [-0.15, -0.1) is 0 Å². The Balaban J connectivity index is 2.48. The molecule has 1 atom stereocenters. The van der Waals surface area contributed by atoms with E-state index in [1.54, 1.807) is 6.20 Å². The molecular weight excluding hydrogens is 406 g/mol. The van der Waals surface area contributed by atoms with Crippen LogP contribution < -0.4 is 0 Å². The van der Waals surface area contributed by atoms with Crippen LogP contribution in [0.25, 0.3) is 11.0 Å². The van der Waals surface area contributed by atoms with Crippen molar-refractivity contribution >= 4 is 28.6 Å². The highest BCUT2D eigenvalue weighted by Gasteiger charge is 2.28. The van der Waals surface area contributed by atoms with Gasteiger partial charge in [0.2, 0.25) is 5.28 Å². The van der Waals surface area contributed by atoms with Gasteiger partial charge < -0.3 is 18.8 Å². The molecule has 0 saturated carbocycles. The zero-order valence-corrected chi connectivity index (χ0v) is 19.8. The number of ether oxygens (including phenoxy) is 3. The summed E-state index contributed by atoms with van der Waals surface area (Å²) in [7, 11) is 0. The lowest BCUT2D eigenvalue weighted by Crippen LogP contribution is -2.26. The van der Waals surface area contributed by atoms with Crippen LogP contribution in [0, 0.1) is 5.92 Å². The summed E-state index contributed by atoms with van der Waals surface area (Å²) in [6, 6.07) is 1.95. The maximum absolute atomic E-state index is 12.4. The highest BCUT2D eigenvalue weighted by Crippen LogP contribution is 2.35. The third kappa shape index (κ3) is 6.40. The molecule has 0 fully saturated rings. The first kappa shape index (κ1) is 24.6. The Bertz CT molecular complexity index is 839. The monoisotopic (exact) mass is 439 g/mol. The minimum atomic E-state index is -0.546.